The van der Waals surface area contributed by atoms with Gasteiger partial charge < -0.3 is 16.4 Å². The molecule has 5 nitrogen and oxygen atoms in total. The van der Waals surface area contributed by atoms with Crippen LogP contribution in [0.1, 0.15) is 51.0 Å². The Morgan fingerprint density at radius 1 is 1.04 bits per heavy atom. The van der Waals surface area contributed by atoms with E-state index in [1.165, 1.54) is 38.5 Å². The van der Waals surface area contributed by atoms with Crippen molar-refractivity contribution in [3.8, 4) is 0 Å². The zero-order valence-electron chi connectivity index (χ0n) is 16.1. The average molecular weight is 370 g/mol. The van der Waals surface area contributed by atoms with Crippen LogP contribution in [0.2, 0.25) is 0 Å². The molecule has 5 heteroatoms. The first-order chi connectivity index (χ1) is 12.9. The molecule has 2 atom stereocenters. The second-order valence-corrected chi connectivity index (χ2v) is 9.26. The second kappa shape index (κ2) is 7.17. The molecule has 4 aliphatic carbocycles. The van der Waals surface area contributed by atoms with Gasteiger partial charge in [0.15, 0.2) is 0 Å². The van der Waals surface area contributed by atoms with Gasteiger partial charge in [-0.05, 0) is 74.2 Å². The summed E-state index contributed by atoms with van der Waals surface area (Å²) in [5, 5.41) is 5.89. The number of amides is 3. The predicted octanol–water partition coefficient (Wildman–Crippen LogP) is 2.99. The summed E-state index contributed by atoms with van der Waals surface area (Å²) in [6.07, 6.45) is 8.34. The van der Waals surface area contributed by atoms with E-state index in [9.17, 15) is 9.59 Å². The Labute approximate surface area is 161 Å². The van der Waals surface area contributed by atoms with Crippen LogP contribution in [-0.4, -0.2) is 24.0 Å². The summed E-state index contributed by atoms with van der Waals surface area (Å²) in [7, 11) is 0. The maximum Gasteiger partial charge on any atom is 0.312 e. The number of nitrogens with one attached hydrogen (secondary N) is 2. The van der Waals surface area contributed by atoms with E-state index in [0.717, 1.165) is 23.3 Å². The highest BCUT2D eigenvalue weighted by atomic mass is 16.2. The summed E-state index contributed by atoms with van der Waals surface area (Å²) in [6, 6.07) is 8.58. The van der Waals surface area contributed by atoms with E-state index in [2.05, 4.69) is 17.6 Å². The van der Waals surface area contributed by atoms with Gasteiger partial charge in [0, 0.05) is 12.5 Å². The van der Waals surface area contributed by atoms with Gasteiger partial charge in [-0.3, -0.25) is 4.79 Å². The standard InChI is InChI=1S/C22H31N3O2/c1-14(22-11-16-7-17(12-22)9-18(8-16)13-22)24-20(26)19(25-21(23)27)10-15-5-3-2-4-6-15/h2-6,14,16-19H,7-13H2,1H3,(H,24,26)(H3,23,25,27)/t14-,16?,17?,18?,19+,22?/m0/s1. The fraction of sp³-hybridized carbons (Fsp3) is 0.636. The van der Waals surface area contributed by atoms with Gasteiger partial charge in [-0.1, -0.05) is 30.3 Å². The monoisotopic (exact) mass is 369 g/mol. The normalized spacial score (nSPS) is 33.3. The second-order valence-electron chi connectivity index (χ2n) is 9.26. The van der Waals surface area contributed by atoms with E-state index >= 15 is 0 Å². The van der Waals surface area contributed by atoms with Crippen LogP contribution < -0.4 is 16.4 Å². The summed E-state index contributed by atoms with van der Waals surface area (Å²) in [5.74, 6) is 2.42. The molecule has 0 unspecified atom stereocenters. The number of hydrogen-bond acceptors (Lipinski definition) is 2. The lowest BCUT2D eigenvalue weighted by Crippen LogP contribution is -2.59. The minimum atomic E-state index is -0.659. The fourth-order valence-corrected chi connectivity index (χ4v) is 6.41. The van der Waals surface area contributed by atoms with E-state index < -0.39 is 12.1 Å². The molecule has 1 aromatic carbocycles. The van der Waals surface area contributed by atoms with Crippen molar-refractivity contribution in [2.75, 3.05) is 0 Å². The molecule has 1 aromatic rings. The topological polar surface area (TPSA) is 84.2 Å². The average Bonchev–Trinajstić information content (AvgIpc) is 2.60. The lowest BCUT2D eigenvalue weighted by Gasteiger charge is -2.59. The van der Waals surface area contributed by atoms with Gasteiger partial charge in [0.2, 0.25) is 5.91 Å². The van der Waals surface area contributed by atoms with Crippen molar-refractivity contribution in [3.05, 3.63) is 35.9 Å². The van der Waals surface area contributed by atoms with Gasteiger partial charge >= 0.3 is 6.03 Å². The van der Waals surface area contributed by atoms with Crippen molar-refractivity contribution < 1.29 is 9.59 Å². The molecule has 27 heavy (non-hydrogen) atoms. The van der Waals surface area contributed by atoms with Crippen LogP contribution in [0.5, 0.6) is 0 Å². The van der Waals surface area contributed by atoms with Gasteiger partial charge in [0.1, 0.15) is 6.04 Å². The van der Waals surface area contributed by atoms with Crippen LogP contribution in [0.15, 0.2) is 30.3 Å². The van der Waals surface area contributed by atoms with E-state index in [0.29, 0.717) is 6.42 Å². The first kappa shape index (κ1) is 18.3. The summed E-state index contributed by atoms with van der Waals surface area (Å²) < 4.78 is 0. The van der Waals surface area contributed by atoms with Gasteiger partial charge in [-0.25, -0.2) is 4.79 Å². The SMILES string of the molecule is C[C@H](NC(=O)[C@@H](Cc1ccccc1)NC(N)=O)C12CC3CC(CC(C3)C1)C2. The molecule has 4 saturated carbocycles. The number of urea groups is 1. The lowest BCUT2D eigenvalue weighted by atomic mass is 9.48. The largest absolute Gasteiger partial charge is 0.352 e. The van der Waals surface area contributed by atoms with Gasteiger partial charge in [0.05, 0.1) is 0 Å². The first-order valence-electron chi connectivity index (χ1n) is 10.3. The van der Waals surface area contributed by atoms with E-state index in [1.54, 1.807) is 0 Å². The quantitative estimate of drug-likeness (QED) is 0.720. The zero-order valence-corrected chi connectivity index (χ0v) is 16.1. The molecule has 0 heterocycles. The minimum Gasteiger partial charge on any atom is -0.352 e. The van der Waals surface area contributed by atoms with E-state index in [-0.39, 0.29) is 17.4 Å². The number of benzene rings is 1. The molecule has 4 bridgehead atoms. The van der Waals surface area contributed by atoms with Gasteiger partial charge in [-0.2, -0.15) is 0 Å². The Hall–Kier alpha value is -2.04. The lowest BCUT2D eigenvalue weighted by molar-refractivity contribution is -0.127. The number of nitrogens with two attached hydrogens (primary N) is 1. The Morgan fingerprint density at radius 3 is 2.11 bits per heavy atom. The van der Waals surface area contributed by atoms with Crippen molar-refractivity contribution >= 4 is 11.9 Å². The highest BCUT2D eigenvalue weighted by molar-refractivity contribution is 5.87. The molecular formula is C22H31N3O2. The highest BCUT2D eigenvalue weighted by Crippen LogP contribution is 2.61. The van der Waals surface area contributed by atoms with Crippen molar-refractivity contribution in [1.82, 2.24) is 10.6 Å². The van der Waals surface area contributed by atoms with Gasteiger partial charge in [0.25, 0.3) is 0 Å². The molecule has 5 rings (SSSR count). The molecule has 3 amide bonds. The summed E-state index contributed by atoms with van der Waals surface area (Å²) >= 11 is 0. The van der Waals surface area contributed by atoms with Crippen molar-refractivity contribution in [2.45, 2.75) is 64.0 Å². The number of hydrogen-bond donors (Lipinski definition) is 3. The third kappa shape index (κ3) is 3.83. The van der Waals surface area contributed by atoms with Crippen LogP contribution in [0.3, 0.4) is 0 Å². The molecular weight excluding hydrogens is 338 g/mol. The molecule has 0 aromatic heterocycles. The number of primary amides is 1. The third-order valence-corrected chi connectivity index (χ3v) is 7.28. The number of carbonyl (C=O) groups excluding carboxylic acids is 2. The Bertz CT molecular complexity index is 667. The smallest absolute Gasteiger partial charge is 0.312 e. The zero-order chi connectivity index (χ0) is 19.0. The van der Waals surface area contributed by atoms with Crippen molar-refractivity contribution in [1.29, 1.82) is 0 Å². The number of carbonyl (C=O) groups is 2. The maximum atomic E-state index is 13.0. The summed E-state index contributed by atoms with van der Waals surface area (Å²) in [6.45, 7) is 2.16. The van der Waals surface area contributed by atoms with Crippen LogP contribution in [0.25, 0.3) is 0 Å². The van der Waals surface area contributed by atoms with Crippen LogP contribution in [0.4, 0.5) is 4.79 Å². The van der Waals surface area contributed by atoms with E-state index in [1.807, 2.05) is 30.3 Å². The Balaban J connectivity index is 1.44. The van der Waals surface area contributed by atoms with Crippen LogP contribution >= 0.6 is 0 Å². The van der Waals surface area contributed by atoms with Crippen LogP contribution in [0, 0.1) is 23.2 Å². The van der Waals surface area contributed by atoms with Crippen molar-refractivity contribution in [2.24, 2.45) is 28.9 Å². The van der Waals surface area contributed by atoms with Crippen LogP contribution in [-0.2, 0) is 11.2 Å². The van der Waals surface area contributed by atoms with Crippen molar-refractivity contribution in [3.63, 3.8) is 0 Å². The summed E-state index contributed by atoms with van der Waals surface area (Å²) in [5.41, 5.74) is 6.58. The van der Waals surface area contributed by atoms with Gasteiger partial charge in [-0.15, -0.1) is 0 Å². The summed E-state index contributed by atoms with van der Waals surface area (Å²) in [4.78, 5) is 24.4. The Morgan fingerprint density at radius 2 is 1.59 bits per heavy atom. The molecule has 0 radical (unpaired) electrons. The first-order valence-corrected chi connectivity index (χ1v) is 10.3. The molecule has 0 saturated heterocycles. The molecule has 146 valence electrons. The maximum absolute atomic E-state index is 13.0. The fourth-order valence-electron chi connectivity index (χ4n) is 6.41. The molecule has 4 fully saturated rings. The highest BCUT2D eigenvalue weighted by Gasteiger charge is 2.53. The molecule has 4 aliphatic rings. The molecule has 0 spiro atoms. The minimum absolute atomic E-state index is 0.124. The predicted molar refractivity (Wildman–Crippen MR) is 105 cm³/mol. The Kier molecular flexibility index (Phi) is 4.87. The van der Waals surface area contributed by atoms with E-state index in [4.69, 9.17) is 5.73 Å². The molecule has 4 N–H and O–H groups in total. The third-order valence-electron chi connectivity index (χ3n) is 7.28. The molecule has 0 aliphatic heterocycles. The number of rotatable bonds is 6.